The van der Waals surface area contributed by atoms with Gasteiger partial charge in [-0.3, -0.25) is 19.0 Å². The summed E-state index contributed by atoms with van der Waals surface area (Å²) < 4.78 is 1.34. The van der Waals surface area contributed by atoms with Gasteiger partial charge in [-0.05, 0) is 55.5 Å². The number of nitrogens with two attached hydrogens (primary N) is 1. The molecule has 0 spiro atoms. The third-order valence-corrected chi connectivity index (χ3v) is 5.91. The van der Waals surface area contributed by atoms with E-state index in [1.807, 2.05) is 0 Å². The highest BCUT2D eigenvalue weighted by molar-refractivity contribution is 7.18. The number of aromatic nitrogens is 2. The van der Waals surface area contributed by atoms with Crippen molar-refractivity contribution in [2.45, 2.75) is 32.2 Å². The number of fused-ring (bicyclic) bond motifs is 3. The number of rotatable bonds is 4. The number of thiophene rings is 1. The van der Waals surface area contributed by atoms with Crippen molar-refractivity contribution in [3.63, 3.8) is 0 Å². The van der Waals surface area contributed by atoms with Gasteiger partial charge in [0, 0.05) is 16.1 Å². The van der Waals surface area contributed by atoms with Gasteiger partial charge in [-0.15, -0.1) is 11.3 Å². The van der Waals surface area contributed by atoms with E-state index in [-0.39, 0.29) is 18.0 Å². The molecule has 4 rings (SSSR count). The lowest BCUT2D eigenvalue weighted by atomic mass is 9.97. The van der Waals surface area contributed by atoms with E-state index in [1.165, 1.54) is 27.9 Å². The zero-order valence-corrected chi connectivity index (χ0v) is 15.3. The molecule has 0 atom stereocenters. The zero-order chi connectivity index (χ0) is 19.0. The summed E-state index contributed by atoms with van der Waals surface area (Å²) in [5.74, 6) is -0.868. The van der Waals surface area contributed by atoms with Crippen LogP contribution < -0.4 is 16.6 Å². The van der Waals surface area contributed by atoms with Gasteiger partial charge in [0.25, 0.3) is 5.56 Å². The zero-order valence-electron chi connectivity index (χ0n) is 14.5. The second kappa shape index (κ2) is 6.96. The van der Waals surface area contributed by atoms with Crippen molar-refractivity contribution in [2.75, 3.05) is 5.32 Å². The molecule has 2 aromatic heterocycles. The number of anilines is 1. The number of primary amides is 1. The summed E-state index contributed by atoms with van der Waals surface area (Å²) in [4.78, 5) is 42.7. The van der Waals surface area contributed by atoms with Crippen LogP contribution in [0.1, 0.15) is 33.6 Å². The SMILES string of the molecule is NC(=O)c1ccc(NC(=O)Cn2cnc3sc4c(c3c2=O)CCCC4)cc1. The van der Waals surface area contributed by atoms with Gasteiger partial charge < -0.3 is 11.1 Å². The second-order valence-corrected chi connectivity index (χ2v) is 7.64. The second-order valence-electron chi connectivity index (χ2n) is 6.56. The standard InChI is InChI=1S/C19H18N4O3S/c20-17(25)11-5-7-12(8-6-11)22-15(24)9-23-10-21-18-16(19(23)26)13-3-1-2-4-14(13)27-18/h5-8,10H,1-4,9H2,(H2,20,25)(H,22,24). The van der Waals surface area contributed by atoms with Crippen molar-refractivity contribution in [1.82, 2.24) is 9.55 Å². The number of hydrogen-bond donors (Lipinski definition) is 2. The molecule has 0 radical (unpaired) electrons. The molecule has 0 fully saturated rings. The first-order valence-electron chi connectivity index (χ1n) is 8.72. The van der Waals surface area contributed by atoms with Gasteiger partial charge in [-0.1, -0.05) is 0 Å². The van der Waals surface area contributed by atoms with Gasteiger partial charge in [0.1, 0.15) is 11.4 Å². The molecule has 3 N–H and O–H groups in total. The number of carbonyl (C=O) groups excluding carboxylic acids is 2. The Labute approximate surface area is 158 Å². The van der Waals surface area contributed by atoms with Crippen molar-refractivity contribution in [3.05, 3.63) is 57.0 Å². The van der Waals surface area contributed by atoms with Gasteiger partial charge in [-0.25, -0.2) is 4.98 Å². The van der Waals surface area contributed by atoms with Crippen LogP contribution in [0, 0.1) is 0 Å². The van der Waals surface area contributed by atoms with Crippen LogP contribution in [0.2, 0.25) is 0 Å². The van der Waals surface area contributed by atoms with E-state index in [4.69, 9.17) is 5.73 Å². The van der Waals surface area contributed by atoms with E-state index in [1.54, 1.807) is 23.5 Å². The molecule has 1 aliphatic carbocycles. The minimum atomic E-state index is -0.530. The van der Waals surface area contributed by atoms with Gasteiger partial charge in [0.15, 0.2) is 0 Å². The molecule has 3 aromatic rings. The maximum atomic E-state index is 12.9. The Kier molecular flexibility index (Phi) is 4.49. The highest BCUT2D eigenvalue weighted by Gasteiger charge is 2.20. The van der Waals surface area contributed by atoms with Gasteiger partial charge in [0.2, 0.25) is 11.8 Å². The average Bonchev–Trinajstić information content (AvgIpc) is 3.04. The first-order chi connectivity index (χ1) is 13.0. The van der Waals surface area contributed by atoms with Crippen LogP contribution in [-0.2, 0) is 24.2 Å². The van der Waals surface area contributed by atoms with E-state index < -0.39 is 5.91 Å². The molecule has 27 heavy (non-hydrogen) atoms. The van der Waals surface area contributed by atoms with Crippen molar-refractivity contribution in [1.29, 1.82) is 0 Å². The third kappa shape index (κ3) is 3.35. The molecule has 0 saturated carbocycles. The van der Waals surface area contributed by atoms with E-state index in [0.29, 0.717) is 16.6 Å². The number of hydrogen-bond acceptors (Lipinski definition) is 5. The molecule has 0 bridgehead atoms. The molecule has 8 heteroatoms. The highest BCUT2D eigenvalue weighted by atomic mass is 32.1. The molecule has 1 aromatic carbocycles. The van der Waals surface area contributed by atoms with Crippen LogP contribution in [0.5, 0.6) is 0 Å². The third-order valence-electron chi connectivity index (χ3n) is 4.71. The predicted octanol–water partition coefficient (Wildman–Crippen LogP) is 2.07. The molecule has 0 unspecified atom stereocenters. The number of amides is 2. The Morgan fingerprint density at radius 1 is 1.19 bits per heavy atom. The lowest BCUT2D eigenvalue weighted by Gasteiger charge is -2.10. The highest BCUT2D eigenvalue weighted by Crippen LogP contribution is 2.33. The first kappa shape index (κ1) is 17.4. The first-order valence-corrected chi connectivity index (χ1v) is 9.54. The molecule has 138 valence electrons. The molecule has 7 nitrogen and oxygen atoms in total. The Balaban J connectivity index is 1.56. The van der Waals surface area contributed by atoms with Crippen LogP contribution in [0.4, 0.5) is 5.69 Å². The molecule has 2 amide bonds. The van der Waals surface area contributed by atoms with Crippen LogP contribution >= 0.6 is 11.3 Å². The number of carbonyl (C=O) groups is 2. The lowest BCUT2D eigenvalue weighted by molar-refractivity contribution is -0.116. The quantitative estimate of drug-likeness (QED) is 0.720. The maximum absolute atomic E-state index is 12.9. The van der Waals surface area contributed by atoms with Gasteiger partial charge >= 0.3 is 0 Å². The normalized spacial score (nSPS) is 13.3. The summed E-state index contributed by atoms with van der Waals surface area (Å²) in [6.07, 6.45) is 5.55. The van der Waals surface area contributed by atoms with E-state index >= 15 is 0 Å². The summed E-state index contributed by atoms with van der Waals surface area (Å²) in [5, 5.41) is 3.37. The largest absolute Gasteiger partial charge is 0.366 e. The number of aryl methyl sites for hydroxylation is 2. The van der Waals surface area contributed by atoms with Crippen LogP contribution in [0.3, 0.4) is 0 Å². The Morgan fingerprint density at radius 3 is 2.67 bits per heavy atom. The number of nitrogens with zero attached hydrogens (tertiary/aromatic N) is 2. The van der Waals surface area contributed by atoms with Crippen molar-refractivity contribution >= 4 is 39.1 Å². The molecular formula is C19H18N4O3S. The van der Waals surface area contributed by atoms with Crippen molar-refractivity contribution in [2.24, 2.45) is 5.73 Å². The minimum absolute atomic E-state index is 0.121. The van der Waals surface area contributed by atoms with Crippen LogP contribution in [0.15, 0.2) is 35.4 Å². The van der Waals surface area contributed by atoms with E-state index in [2.05, 4.69) is 10.3 Å². The minimum Gasteiger partial charge on any atom is -0.366 e. The fraction of sp³-hybridized carbons (Fsp3) is 0.263. The van der Waals surface area contributed by atoms with Crippen LogP contribution in [-0.4, -0.2) is 21.4 Å². The van der Waals surface area contributed by atoms with Gasteiger partial charge in [0.05, 0.1) is 11.7 Å². The molecule has 2 heterocycles. The van der Waals surface area contributed by atoms with E-state index in [0.717, 1.165) is 36.1 Å². The van der Waals surface area contributed by atoms with E-state index in [9.17, 15) is 14.4 Å². The fourth-order valence-electron chi connectivity index (χ4n) is 3.37. The van der Waals surface area contributed by atoms with Crippen molar-refractivity contribution in [3.8, 4) is 0 Å². The Bertz CT molecular complexity index is 1100. The summed E-state index contributed by atoms with van der Waals surface area (Å²) in [6, 6.07) is 6.26. The van der Waals surface area contributed by atoms with Gasteiger partial charge in [-0.2, -0.15) is 0 Å². The summed E-state index contributed by atoms with van der Waals surface area (Å²) in [6.45, 7) is -0.121. The smallest absolute Gasteiger partial charge is 0.262 e. The Hall–Kier alpha value is -3.00. The van der Waals surface area contributed by atoms with Crippen molar-refractivity contribution < 1.29 is 9.59 Å². The lowest BCUT2D eigenvalue weighted by Crippen LogP contribution is -2.28. The molecule has 0 aliphatic heterocycles. The average molecular weight is 382 g/mol. The monoisotopic (exact) mass is 382 g/mol. The molecule has 1 aliphatic rings. The summed E-state index contributed by atoms with van der Waals surface area (Å²) >= 11 is 1.58. The fourth-order valence-corrected chi connectivity index (χ4v) is 4.59. The molecular weight excluding hydrogens is 364 g/mol. The maximum Gasteiger partial charge on any atom is 0.262 e. The molecule has 0 saturated heterocycles. The number of nitrogens with one attached hydrogen (secondary N) is 1. The number of benzene rings is 1. The summed E-state index contributed by atoms with van der Waals surface area (Å²) in [7, 11) is 0. The van der Waals surface area contributed by atoms with Crippen LogP contribution in [0.25, 0.3) is 10.2 Å². The Morgan fingerprint density at radius 2 is 1.93 bits per heavy atom. The summed E-state index contributed by atoms with van der Waals surface area (Å²) in [5.41, 5.74) is 7.03. The topological polar surface area (TPSA) is 107 Å². The predicted molar refractivity (Wildman–Crippen MR) is 104 cm³/mol.